The van der Waals surface area contributed by atoms with E-state index in [0.29, 0.717) is 0 Å². The van der Waals surface area contributed by atoms with Crippen LogP contribution in [-0.4, -0.2) is 34.6 Å². The Labute approximate surface area is 95.1 Å². The molecule has 0 aromatic rings. The van der Waals surface area contributed by atoms with Gasteiger partial charge < -0.3 is 35.9 Å². The van der Waals surface area contributed by atoms with Crippen LogP contribution < -0.4 is 10.2 Å². The number of carbonyl (C=O) groups excluding carboxylic acids is 2. The summed E-state index contributed by atoms with van der Waals surface area (Å²) in [5.74, 6) is -2.17. The minimum atomic E-state index is -1.08. The molecule has 0 aliphatic rings. The Hall–Kier alpha value is -0.557. The van der Waals surface area contributed by atoms with Gasteiger partial charge in [0.25, 0.3) is 0 Å². The minimum absolute atomic E-state index is 0. The molecule has 84 valence electrons. The monoisotopic (exact) mass is 264 g/mol. The van der Waals surface area contributed by atoms with Crippen molar-refractivity contribution in [1.29, 1.82) is 0 Å². The van der Waals surface area contributed by atoms with Crippen molar-refractivity contribution in [3.05, 3.63) is 0 Å². The summed E-state index contributed by atoms with van der Waals surface area (Å²) in [7, 11) is 0. The van der Waals surface area contributed by atoms with Crippen molar-refractivity contribution in [1.82, 2.24) is 0 Å². The molecule has 5 N–H and O–H groups in total. The second kappa shape index (κ2) is 39.2. The Kier molecular flexibility index (Phi) is 105. The Morgan fingerprint density at radius 1 is 1.07 bits per heavy atom. The third-order valence-electron chi connectivity index (χ3n) is 0. The number of aliphatic hydroxyl groups is 1. The van der Waals surface area contributed by atoms with Crippen LogP contribution in [0.3, 0.4) is 0 Å². The van der Waals surface area contributed by atoms with E-state index in [4.69, 9.17) is 24.9 Å². The van der Waals surface area contributed by atoms with E-state index in [9.17, 15) is 0 Å². The van der Waals surface area contributed by atoms with Crippen molar-refractivity contribution in [2.45, 2.75) is 20.8 Å². The van der Waals surface area contributed by atoms with Gasteiger partial charge in [-0.2, -0.15) is 0 Å². The second-order valence-corrected chi connectivity index (χ2v) is 1.30. The van der Waals surface area contributed by atoms with Crippen LogP contribution in [0, 0.1) is 0 Å². The second-order valence-electron chi connectivity index (χ2n) is 1.30. The number of aliphatic carboxylic acids is 2. The maximum atomic E-state index is 8.89. The molecular weight excluding hydrogens is 249 g/mol. The normalized spacial score (nSPS) is 4.86. The van der Waals surface area contributed by atoms with Gasteiger partial charge >= 0.3 is 19.5 Å². The van der Waals surface area contributed by atoms with E-state index in [0.717, 1.165) is 13.8 Å². The summed E-state index contributed by atoms with van der Waals surface area (Å²) in [6.07, 6.45) is 0. The quantitative estimate of drug-likeness (QED) is 0.439. The molecule has 7 nitrogen and oxygen atoms in total. The molecule has 0 saturated carbocycles. The third kappa shape index (κ3) is 4030. The van der Waals surface area contributed by atoms with Crippen LogP contribution >= 0.6 is 0 Å². The first-order chi connectivity index (χ1) is 4.88. The largest absolute Gasteiger partial charge is 2.00 e. The molecule has 0 aliphatic heterocycles. The molecule has 0 unspecified atom stereocenters. The molecule has 0 spiro atoms. The molecule has 0 atom stereocenters. The van der Waals surface area contributed by atoms with Crippen LogP contribution in [0.5, 0.6) is 0 Å². The zero-order valence-electron chi connectivity index (χ0n) is 8.49. The summed E-state index contributed by atoms with van der Waals surface area (Å²) in [4.78, 5) is 17.8. The predicted octanol–water partition coefficient (Wildman–Crippen LogP) is -4.14. The van der Waals surface area contributed by atoms with Crippen LogP contribution in [0.2, 0.25) is 0 Å². The van der Waals surface area contributed by atoms with Gasteiger partial charge in [-0.1, -0.05) is 0 Å². The van der Waals surface area contributed by atoms with E-state index in [1.807, 2.05) is 0 Å². The van der Waals surface area contributed by atoms with Crippen molar-refractivity contribution in [3.63, 3.8) is 0 Å². The van der Waals surface area contributed by atoms with Crippen molar-refractivity contribution in [3.8, 4) is 0 Å². The fraction of sp³-hybridized carbons (Fsp3) is 0.667. The molecule has 0 aliphatic carbocycles. The molecule has 0 radical (unpaired) electrons. The zero-order chi connectivity index (χ0) is 9.86. The summed E-state index contributed by atoms with van der Waals surface area (Å²) in [5, 5.41) is 25.3. The third-order valence-corrected chi connectivity index (χ3v) is 0. The van der Waals surface area contributed by atoms with Crippen LogP contribution in [0.4, 0.5) is 0 Å². The van der Waals surface area contributed by atoms with Gasteiger partial charge in [0.15, 0.2) is 0 Å². The topological polar surface area (TPSA) is 163 Å². The molecular formula is C6H16O7Zn. The van der Waals surface area contributed by atoms with Crippen LogP contribution in [-0.2, 0) is 29.1 Å². The molecule has 14 heavy (non-hydrogen) atoms. The number of rotatable bonds is 0. The molecule has 0 aromatic heterocycles. The molecule has 0 saturated heterocycles. The van der Waals surface area contributed by atoms with Crippen LogP contribution in [0.25, 0.3) is 0 Å². The number of carboxylic acids is 2. The molecule has 8 heteroatoms. The fourth-order valence-corrected chi connectivity index (χ4v) is 0. The minimum Gasteiger partial charge on any atom is -0.550 e. The summed E-state index contributed by atoms with van der Waals surface area (Å²) in [5.41, 5.74) is 0. The average Bonchev–Trinajstić information content (AvgIpc) is 1.60. The predicted molar refractivity (Wildman–Crippen MR) is 41.3 cm³/mol. The van der Waals surface area contributed by atoms with Gasteiger partial charge in [-0.25, -0.2) is 0 Å². The molecule has 0 aromatic carbocycles. The van der Waals surface area contributed by atoms with E-state index in [-0.39, 0.29) is 37.0 Å². The van der Waals surface area contributed by atoms with Gasteiger partial charge in [-0.3, -0.25) is 0 Å². The van der Waals surface area contributed by atoms with E-state index in [2.05, 4.69) is 0 Å². The van der Waals surface area contributed by atoms with E-state index in [1.165, 1.54) is 0 Å². The molecule has 0 amide bonds. The SMILES string of the molecule is CC(=O)[O-].CC(=O)[O-].CCO.O.O.[Zn+2]. The first-order valence-corrected chi connectivity index (χ1v) is 2.84. The smallest absolute Gasteiger partial charge is 0.550 e. The van der Waals surface area contributed by atoms with Gasteiger partial charge in [0.2, 0.25) is 0 Å². The van der Waals surface area contributed by atoms with Gasteiger partial charge in [0, 0.05) is 18.5 Å². The molecule has 0 rings (SSSR count). The van der Waals surface area contributed by atoms with Gasteiger partial charge in [0.1, 0.15) is 0 Å². The van der Waals surface area contributed by atoms with Crippen LogP contribution in [0.15, 0.2) is 0 Å². The summed E-state index contributed by atoms with van der Waals surface area (Å²) in [6, 6.07) is 0. The Morgan fingerprint density at radius 3 is 1.07 bits per heavy atom. The van der Waals surface area contributed by atoms with Crippen molar-refractivity contribution >= 4 is 11.9 Å². The Morgan fingerprint density at radius 2 is 1.07 bits per heavy atom. The maximum Gasteiger partial charge on any atom is 2.00 e. The number of hydrogen-bond donors (Lipinski definition) is 1. The average molecular weight is 266 g/mol. The number of carboxylic acid groups (broad SMARTS) is 2. The zero-order valence-corrected chi connectivity index (χ0v) is 11.5. The van der Waals surface area contributed by atoms with Crippen molar-refractivity contribution in [2.24, 2.45) is 0 Å². The van der Waals surface area contributed by atoms with Gasteiger partial charge in [-0.15, -0.1) is 0 Å². The molecule has 0 heterocycles. The van der Waals surface area contributed by atoms with Crippen molar-refractivity contribution < 1.29 is 55.3 Å². The Balaban J connectivity index is -0.0000000156. The van der Waals surface area contributed by atoms with E-state index >= 15 is 0 Å². The number of hydrogen-bond acceptors (Lipinski definition) is 5. The van der Waals surface area contributed by atoms with Crippen LogP contribution in [0.1, 0.15) is 20.8 Å². The summed E-state index contributed by atoms with van der Waals surface area (Å²) >= 11 is 0. The van der Waals surface area contributed by atoms with E-state index < -0.39 is 11.9 Å². The fourth-order valence-electron chi connectivity index (χ4n) is 0. The first kappa shape index (κ1) is 37.6. The standard InChI is InChI=1S/2C2H4O2.C2H6O.2H2O.Zn/c2*1-2(3)4;1-2-3;;;/h2*1H3,(H,3,4);3H,2H2,1H3;2*1H2;/q;;;;;+2/p-2. The van der Waals surface area contributed by atoms with Gasteiger partial charge in [-0.05, 0) is 20.8 Å². The Bertz CT molecular complexity index is 86.4. The van der Waals surface area contributed by atoms with Crippen molar-refractivity contribution in [2.75, 3.05) is 6.61 Å². The number of aliphatic hydroxyl groups excluding tert-OH is 1. The summed E-state index contributed by atoms with van der Waals surface area (Å²) in [6.45, 7) is 3.88. The number of carbonyl (C=O) groups is 2. The molecule has 0 fully saturated rings. The van der Waals surface area contributed by atoms with E-state index in [1.54, 1.807) is 6.92 Å². The van der Waals surface area contributed by atoms with Gasteiger partial charge in [0.05, 0.1) is 0 Å². The first-order valence-electron chi connectivity index (χ1n) is 2.84. The molecule has 0 bridgehead atoms. The maximum absolute atomic E-state index is 8.89. The summed E-state index contributed by atoms with van der Waals surface area (Å²) < 4.78 is 0.